The van der Waals surface area contributed by atoms with Gasteiger partial charge in [-0.3, -0.25) is 0 Å². The van der Waals surface area contributed by atoms with Gasteiger partial charge in [-0.2, -0.15) is 0 Å². The monoisotopic (exact) mass is 843 g/mol. The summed E-state index contributed by atoms with van der Waals surface area (Å²) in [7, 11) is 0. The maximum atomic E-state index is 2.75. The Morgan fingerprint density at radius 1 is 0.547 bits per heavy atom. The molecule has 0 saturated heterocycles. The fraction of sp³-hybridized carbons (Fsp3) is 0.429. The Morgan fingerprint density at radius 3 is 1.78 bits per heavy atom. The second-order valence-electron chi connectivity index (χ2n) is 24.5. The van der Waals surface area contributed by atoms with Crippen molar-refractivity contribution in [3.8, 4) is 11.1 Å². The third-order valence-corrected chi connectivity index (χ3v) is 17.0. The molecule has 330 valence electrons. The predicted octanol–water partition coefficient (Wildman–Crippen LogP) is 14.6. The van der Waals surface area contributed by atoms with Crippen LogP contribution in [0.3, 0.4) is 0 Å². The molecule has 2 atom stereocenters. The van der Waals surface area contributed by atoms with Gasteiger partial charge in [0.1, 0.15) is 0 Å². The lowest BCUT2D eigenvalue weighted by Gasteiger charge is -2.44. The highest BCUT2D eigenvalue weighted by atomic mass is 14.4. The SMILES string of the molecule is Cc1cc(C)c2c(c1)C(Cc1ccc(-c3ccccc3)cc1C)c1ccc(C(C)(C)C)cc1B2c1cc2c(cc1C(C)c1ccc3c(c1)C(C)(C)CCC3(C)C)C(C)(C)CCC2(C)C. The summed E-state index contributed by atoms with van der Waals surface area (Å²) < 4.78 is 0. The number of aryl methyl sites for hydroxylation is 3. The molecule has 6 aromatic rings. The Bertz CT molecular complexity index is 2780. The van der Waals surface area contributed by atoms with Crippen LogP contribution in [0.25, 0.3) is 11.1 Å². The Hall–Kier alpha value is -4.62. The molecule has 0 amide bonds. The van der Waals surface area contributed by atoms with Crippen molar-refractivity contribution in [3.05, 3.63) is 182 Å². The van der Waals surface area contributed by atoms with Crippen LogP contribution in [0.1, 0.15) is 193 Å². The molecule has 1 heterocycles. The van der Waals surface area contributed by atoms with E-state index < -0.39 is 0 Å². The standard InChI is InChI=1S/C63H75B/c1-39-31-41(3)58-51(32-39)50(34-44-21-22-46(33-40(44)2)43-19-17-16-18-20-43)48-25-24-47(59(5,6)7)36-56(48)64(58)57-38-55-54(62(12,13)29-30-63(55,14)15)37-49(57)42(4)45-23-26-52-53(35-45)61(10,11)28-27-60(52,8)9/h16-26,31-33,35-38,42,50H,27-30,34H2,1-15H3. The third-order valence-electron chi connectivity index (χ3n) is 17.0. The lowest BCUT2D eigenvalue weighted by molar-refractivity contribution is 0.331. The van der Waals surface area contributed by atoms with Crippen LogP contribution in [0.15, 0.2) is 109 Å². The average molecular weight is 843 g/mol. The molecular weight excluding hydrogens is 768 g/mol. The van der Waals surface area contributed by atoms with E-state index in [4.69, 9.17) is 0 Å². The average Bonchev–Trinajstić information content (AvgIpc) is 3.24. The van der Waals surface area contributed by atoms with Crippen LogP contribution in [0.4, 0.5) is 0 Å². The van der Waals surface area contributed by atoms with E-state index in [0.717, 1.165) is 6.42 Å². The maximum Gasteiger partial charge on any atom is 0.242 e. The number of hydrogen-bond donors (Lipinski definition) is 0. The molecule has 0 spiro atoms. The van der Waals surface area contributed by atoms with E-state index in [0.29, 0.717) is 0 Å². The Morgan fingerprint density at radius 2 is 1.16 bits per heavy atom. The summed E-state index contributed by atoms with van der Waals surface area (Å²) in [5, 5.41) is 0. The van der Waals surface area contributed by atoms with Gasteiger partial charge in [0.2, 0.25) is 6.71 Å². The lowest BCUT2D eigenvalue weighted by atomic mass is 9.30. The van der Waals surface area contributed by atoms with Crippen LogP contribution >= 0.6 is 0 Å². The van der Waals surface area contributed by atoms with Gasteiger partial charge in [0.15, 0.2) is 0 Å². The molecule has 64 heavy (non-hydrogen) atoms. The molecule has 0 aromatic heterocycles. The first-order valence-electron chi connectivity index (χ1n) is 24.7. The highest BCUT2D eigenvalue weighted by molar-refractivity contribution is 6.97. The third kappa shape index (κ3) is 7.65. The zero-order valence-corrected chi connectivity index (χ0v) is 42.2. The van der Waals surface area contributed by atoms with Crippen molar-refractivity contribution >= 4 is 23.1 Å². The molecule has 1 aliphatic heterocycles. The molecule has 0 radical (unpaired) electrons. The van der Waals surface area contributed by atoms with Gasteiger partial charge in [0, 0.05) is 11.8 Å². The summed E-state index contributed by atoms with van der Waals surface area (Å²) in [6, 6.07) is 43.9. The maximum absolute atomic E-state index is 2.75. The zero-order chi connectivity index (χ0) is 45.9. The van der Waals surface area contributed by atoms with Crippen molar-refractivity contribution in [3.63, 3.8) is 0 Å². The van der Waals surface area contributed by atoms with E-state index >= 15 is 0 Å². The Kier molecular flexibility index (Phi) is 10.8. The highest BCUT2D eigenvalue weighted by Gasteiger charge is 2.44. The first-order valence-corrected chi connectivity index (χ1v) is 24.7. The van der Waals surface area contributed by atoms with E-state index in [1.165, 1.54) is 103 Å². The Labute approximate surface area is 388 Å². The number of fused-ring (bicyclic) bond motifs is 4. The minimum absolute atomic E-state index is 0.0171. The molecule has 0 bridgehead atoms. The minimum atomic E-state index is 0.0171. The topological polar surface area (TPSA) is 0 Å². The van der Waals surface area contributed by atoms with Crippen molar-refractivity contribution < 1.29 is 0 Å². The molecule has 3 aliphatic rings. The van der Waals surface area contributed by atoms with Gasteiger partial charge in [-0.05, 0) is 152 Å². The molecule has 0 N–H and O–H groups in total. The van der Waals surface area contributed by atoms with E-state index in [9.17, 15) is 0 Å². The first-order chi connectivity index (χ1) is 30.0. The van der Waals surface area contributed by atoms with Gasteiger partial charge < -0.3 is 0 Å². The molecule has 0 nitrogen and oxygen atoms in total. The fourth-order valence-electron chi connectivity index (χ4n) is 12.5. The summed E-state index contributed by atoms with van der Waals surface area (Å²) in [6.45, 7) is 36.8. The Balaban J connectivity index is 1.30. The smallest absolute Gasteiger partial charge is 0.0646 e. The van der Waals surface area contributed by atoms with Crippen LogP contribution in [0, 0.1) is 20.8 Å². The minimum Gasteiger partial charge on any atom is -0.0646 e. The molecule has 2 aliphatic carbocycles. The van der Waals surface area contributed by atoms with Gasteiger partial charge in [-0.1, -0.05) is 220 Å². The van der Waals surface area contributed by atoms with Gasteiger partial charge in [-0.15, -0.1) is 0 Å². The van der Waals surface area contributed by atoms with Gasteiger partial charge in [-0.25, -0.2) is 0 Å². The summed E-state index contributed by atoms with van der Waals surface area (Å²) in [6.07, 6.45) is 5.84. The van der Waals surface area contributed by atoms with Gasteiger partial charge >= 0.3 is 0 Å². The van der Waals surface area contributed by atoms with Crippen LogP contribution in [-0.2, 0) is 33.5 Å². The summed E-state index contributed by atoms with van der Waals surface area (Å²) in [5.41, 5.74) is 26.8. The lowest BCUT2D eigenvalue weighted by Crippen LogP contribution is -2.60. The normalized spacial score (nSPS) is 19.5. The quantitative estimate of drug-likeness (QED) is 0.147. The van der Waals surface area contributed by atoms with Crippen molar-refractivity contribution in [2.45, 2.75) is 175 Å². The largest absolute Gasteiger partial charge is 0.242 e. The number of hydrogen-bond acceptors (Lipinski definition) is 0. The summed E-state index contributed by atoms with van der Waals surface area (Å²) in [4.78, 5) is 0. The van der Waals surface area contributed by atoms with Crippen molar-refractivity contribution in [1.29, 1.82) is 0 Å². The zero-order valence-electron chi connectivity index (χ0n) is 42.2. The summed E-state index contributed by atoms with van der Waals surface area (Å²) in [5.74, 6) is 0.467. The fourth-order valence-corrected chi connectivity index (χ4v) is 12.5. The molecule has 0 saturated carbocycles. The van der Waals surface area contributed by atoms with Crippen LogP contribution < -0.4 is 16.4 Å². The number of benzene rings is 6. The molecule has 0 fully saturated rings. The van der Waals surface area contributed by atoms with Crippen LogP contribution in [0.2, 0.25) is 0 Å². The molecule has 9 rings (SSSR count). The second-order valence-corrected chi connectivity index (χ2v) is 24.5. The molecule has 6 aromatic carbocycles. The van der Waals surface area contributed by atoms with E-state index in [2.05, 4.69) is 213 Å². The molecule has 1 heteroatoms. The number of rotatable bonds is 6. The van der Waals surface area contributed by atoms with E-state index in [1.54, 1.807) is 22.3 Å². The van der Waals surface area contributed by atoms with Crippen LogP contribution in [-0.4, -0.2) is 6.71 Å². The van der Waals surface area contributed by atoms with Gasteiger partial charge in [0.25, 0.3) is 0 Å². The first kappa shape index (κ1) is 44.6. The predicted molar refractivity (Wildman–Crippen MR) is 279 cm³/mol. The second kappa shape index (κ2) is 15.5. The van der Waals surface area contributed by atoms with Crippen molar-refractivity contribution in [2.24, 2.45) is 0 Å². The van der Waals surface area contributed by atoms with E-state index in [-0.39, 0.29) is 45.6 Å². The van der Waals surface area contributed by atoms with Crippen molar-refractivity contribution in [2.75, 3.05) is 0 Å². The summed E-state index contributed by atoms with van der Waals surface area (Å²) >= 11 is 0. The highest BCUT2D eigenvalue weighted by Crippen LogP contribution is 2.49. The van der Waals surface area contributed by atoms with Gasteiger partial charge in [0.05, 0.1) is 0 Å². The van der Waals surface area contributed by atoms with E-state index in [1.807, 2.05) is 0 Å². The van der Waals surface area contributed by atoms with Crippen LogP contribution in [0.5, 0.6) is 0 Å². The van der Waals surface area contributed by atoms with Crippen molar-refractivity contribution in [1.82, 2.24) is 0 Å². The molecular formula is C63H75B. The molecule has 2 unspecified atom stereocenters.